The maximum atomic E-state index is 13.5. The van der Waals surface area contributed by atoms with Crippen molar-refractivity contribution in [3.63, 3.8) is 0 Å². The van der Waals surface area contributed by atoms with E-state index in [0.29, 0.717) is 22.8 Å². The van der Waals surface area contributed by atoms with Gasteiger partial charge in [-0.1, -0.05) is 18.2 Å². The van der Waals surface area contributed by atoms with E-state index in [1.54, 1.807) is 55.8 Å². The van der Waals surface area contributed by atoms with Crippen LogP contribution in [0.15, 0.2) is 78.0 Å². The minimum Gasteiger partial charge on any atom is -0.493 e. The zero-order chi connectivity index (χ0) is 22.5. The molecule has 0 saturated carbocycles. The van der Waals surface area contributed by atoms with Crippen LogP contribution in [-0.2, 0) is 13.1 Å². The highest BCUT2D eigenvalue weighted by Gasteiger charge is 2.22. The van der Waals surface area contributed by atoms with Crippen LogP contribution in [0.1, 0.15) is 21.6 Å². The number of nitrogens with zero attached hydrogens (tertiary/aromatic N) is 4. The lowest BCUT2D eigenvalue weighted by molar-refractivity contribution is 0.0725. The third-order valence-electron chi connectivity index (χ3n) is 5.03. The van der Waals surface area contributed by atoms with Gasteiger partial charge in [0.15, 0.2) is 11.5 Å². The molecule has 8 nitrogen and oxygen atoms in total. The number of carbonyl (C=O) groups is 1. The van der Waals surface area contributed by atoms with Gasteiger partial charge in [0.2, 0.25) is 0 Å². The zero-order valence-corrected chi connectivity index (χ0v) is 17.8. The number of hydrogen-bond acceptors (Lipinski definition) is 6. The predicted molar refractivity (Wildman–Crippen MR) is 119 cm³/mol. The van der Waals surface area contributed by atoms with Crippen LogP contribution in [-0.4, -0.2) is 39.4 Å². The molecular weight excluding hydrogens is 408 g/mol. The number of pyridine rings is 2. The van der Waals surface area contributed by atoms with Crippen molar-refractivity contribution in [3.8, 4) is 11.5 Å². The van der Waals surface area contributed by atoms with E-state index in [4.69, 9.17) is 9.47 Å². The SMILES string of the molecule is COc1ccc(CN(Cc2ccccn2)C(=O)c2cnc3ccccn3c2=O)cc1OC. The van der Waals surface area contributed by atoms with E-state index in [0.717, 1.165) is 5.56 Å². The molecule has 0 saturated heterocycles. The van der Waals surface area contributed by atoms with Crippen LogP contribution in [0, 0.1) is 0 Å². The summed E-state index contributed by atoms with van der Waals surface area (Å²) in [6.45, 7) is 0.470. The molecule has 4 rings (SSSR count). The highest BCUT2D eigenvalue weighted by Crippen LogP contribution is 2.28. The van der Waals surface area contributed by atoms with E-state index in [-0.39, 0.29) is 18.7 Å². The number of amides is 1. The standard InChI is InChI=1S/C24H22N4O4/c1-31-20-10-9-17(13-21(20)32-2)15-27(16-18-7-3-5-11-25-18)23(29)19-14-26-22-8-4-6-12-28(22)24(19)30/h3-14H,15-16H2,1-2H3. The van der Waals surface area contributed by atoms with E-state index >= 15 is 0 Å². The largest absolute Gasteiger partial charge is 0.493 e. The lowest BCUT2D eigenvalue weighted by atomic mass is 10.1. The fourth-order valence-electron chi connectivity index (χ4n) is 3.43. The van der Waals surface area contributed by atoms with Crippen molar-refractivity contribution in [2.75, 3.05) is 14.2 Å². The topological polar surface area (TPSA) is 86.0 Å². The van der Waals surface area contributed by atoms with Crippen molar-refractivity contribution in [1.29, 1.82) is 0 Å². The Kier molecular flexibility index (Phi) is 6.12. The first kappa shape index (κ1) is 21.0. The second-order valence-electron chi connectivity index (χ2n) is 7.08. The summed E-state index contributed by atoms with van der Waals surface area (Å²) in [6, 6.07) is 16.2. The molecule has 0 fully saturated rings. The summed E-state index contributed by atoms with van der Waals surface area (Å²) in [5, 5.41) is 0. The first-order chi connectivity index (χ1) is 15.6. The van der Waals surface area contributed by atoms with Gasteiger partial charge in [0.1, 0.15) is 11.2 Å². The van der Waals surface area contributed by atoms with Gasteiger partial charge < -0.3 is 14.4 Å². The number of rotatable bonds is 7. The summed E-state index contributed by atoms with van der Waals surface area (Å²) >= 11 is 0. The summed E-state index contributed by atoms with van der Waals surface area (Å²) < 4.78 is 12.0. The monoisotopic (exact) mass is 430 g/mol. The van der Waals surface area contributed by atoms with Gasteiger partial charge >= 0.3 is 0 Å². The normalized spacial score (nSPS) is 10.7. The maximum absolute atomic E-state index is 13.5. The molecule has 0 N–H and O–H groups in total. The molecule has 0 unspecified atom stereocenters. The second kappa shape index (κ2) is 9.30. The summed E-state index contributed by atoms with van der Waals surface area (Å²) in [6.07, 6.45) is 4.60. The average molecular weight is 430 g/mol. The Bertz CT molecular complexity index is 1300. The van der Waals surface area contributed by atoms with Crippen molar-refractivity contribution in [2.45, 2.75) is 13.1 Å². The van der Waals surface area contributed by atoms with Gasteiger partial charge in [-0.2, -0.15) is 0 Å². The number of carbonyl (C=O) groups excluding carboxylic acids is 1. The van der Waals surface area contributed by atoms with Crippen molar-refractivity contribution >= 4 is 11.6 Å². The smallest absolute Gasteiger partial charge is 0.270 e. The lowest BCUT2D eigenvalue weighted by Crippen LogP contribution is -2.35. The van der Waals surface area contributed by atoms with Crippen molar-refractivity contribution < 1.29 is 14.3 Å². The van der Waals surface area contributed by atoms with Gasteiger partial charge in [0.25, 0.3) is 11.5 Å². The van der Waals surface area contributed by atoms with Gasteiger partial charge in [-0.05, 0) is 42.0 Å². The quantitative estimate of drug-likeness (QED) is 0.448. The fraction of sp³-hybridized carbons (Fsp3) is 0.167. The van der Waals surface area contributed by atoms with Gasteiger partial charge in [-0.15, -0.1) is 0 Å². The number of aromatic nitrogens is 3. The van der Waals surface area contributed by atoms with E-state index in [2.05, 4.69) is 9.97 Å². The molecule has 4 aromatic rings. The lowest BCUT2D eigenvalue weighted by Gasteiger charge is -2.23. The molecule has 1 aromatic carbocycles. The third-order valence-corrected chi connectivity index (χ3v) is 5.03. The van der Waals surface area contributed by atoms with Crippen LogP contribution >= 0.6 is 0 Å². The Labute approximate surface area is 184 Å². The fourth-order valence-corrected chi connectivity index (χ4v) is 3.43. The molecule has 0 aliphatic heterocycles. The van der Waals surface area contributed by atoms with E-state index in [1.807, 2.05) is 30.3 Å². The van der Waals surface area contributed by atoms with Crippen molar-refractivity contribution in [2.24, 2.45) is 0 Å². The summed E-state index contributed by atoms with van der Waals surface area (Å²) in [5.74, 6) is 0.722. The van der Waals surface area contributed by atoms with Crippen LogP contribution in [0.3, 0.4) is 0 Å². The van der Waals surface area contributed by atoms with Crippen LogP contribution in [0.5, 0.6) is 11.5 Å². The van der Waals surface area contributed by atoms with Crippen LogP contribution < -0.4 is 15.0 Å². The summed E-state index contributed by atoms with van der Waals surface area (Å²) in [4.78, 5) is 36.6. The van der Waals surface area contributed by atoms with Crippen molar-refractivity contribution in [3.05, 3.63) is 100 Å². The molecule has 0 bridgehead atoms. The molecule has 0 atom stereocenters. The Hall–Kier alpha value is -4.20. The third kappa shape index (κ3) is 4.29. The molecule has 32 heavy (non-hydrogen) atoms. The average Bonchev–Trinajstić information content (AvgIpc) is 2.84. The number of ether oxygens (including phenoxy) is 2. The van der Waals surface area contributed by atoms with Crippen LogP contribution in [0.2, 0.25) is 0 Å². The number of benzene rings is 1. The van der Waals surface area contributed by atoms with Crippen LogP contribution in [0.25, 0.3) is 5.65 Å². The van der Waals surface area contributed by atoms with Gasteiger partial charge in [-0.3, -0.25) is 19.0 Å². The molecule has 0 radical (unpaired) electrons. The van der Waals surface area contributed by atoms with E-state index in [1.165, 1.54) is 10.6 Å². The van der Waals surface area contributed by atoms with Crippen molar-refractivity contribution in [1.82, 2.24) is 19.3 Å². The molecule has 0 spiro atoms. The molecular formula is C24H22N4O4. The zero-order valence-electron chi connectivity index (χ0n) is 17.8. The molecule has 8 heteroatoms. The van der Waals surface area contributed by atoms with Gasteiger partial charge in [0, 0.05) is 25.1 Å². The molecule has 3 heterocycles. The summed E-state index contributed by atoms with van der Waals surface area (Å²) in [7, 11) is 3.12. The highest BCUT2D eigenvalue weighted by molar-refractivity contribution is 5.93. The van der Waals surface area contributed by atoms with E-state index < -0.39 is 11.5 Å². The Morgan fingerprint density at radius 2 is 1.78 bits per heavy atom. The van der Waals surface area contributed by atoms with Crippen LogP contribution in [0.4, 0.5) is 0 Å². The predicted octanol–water partition coefficient (Wildman–Crippen LogP) is 2.95. The summed E-state index contributed by atoms with van der Waals surface area (Å²) in [5.41, 5.74) is 1.57. The molecule has 0 aliphatic rings. The number of fused-ring (bicyclic) bond motifs is 1. The second-order valence-corrected chi connectivity index (χ2v) is 7.08. The minimum absolute atomic E-state index is 0.00916. The molecule has 1 amide bonds. The first-order valence-corrected chi connectivity index (χ1v) is 9.97. The number of methoxy groups -OCH3 is 2. The van der Waals surface area contributed by atoms with Gasteiger partial charge in [0.05, 0.1) is 26.5 Å². The Morgan fingerprint density at radius 1 is 0.969 bits per heavy atom. The van der Waals surface area contributed by atoms with E-state index in [9.17, 15) is 9.59 Å². The molecule has 3 aromatic heterocycles. The Morgan fingerprint density at radius 3 is 2.53 bits per heavy atom. The molecule has 0 aliphatic carbocycles. The Balaban J connectivity index is 1.72. The maximum Gasteiger partial charge on any atom is 0.270 e. The minimum atomic E-state index is -0.429. The molecule has 162 valence electrons. The van der Waals surface area contributed by atoms with Gasteiger partial charge in [-0.25, -0.2) is 4.98 Å². The highest BCUT2D eigenvalue weighted by atomic mass is 16.5. The first-order valence-electron chi connectivity index (χ1n) is 9.97. The number of hydrogen-bond donors (Lipinski definition) is 0.